The van der Waals surface area contributed by atoms with Crippen LogP contribution in [0.15, 0.2) is 42.5 Å². The highest BCUT2D eigenvalue weighted by molar-refractivity contribution is 5.98. The summed E-state index contributed by atoms with van der Waals surface area (Å²) in [5.41, 5.74) is 1.65. The molecule has 0 atom stereocenters. The molecule has 126 valence electrons. The molecule has 2 N–H and O–H groups in total. The zero-order valence-corrected chi connectivity index (χ0v) is 13.6. The van der Waals surface area contributed by atoms with Gasteiger partial charge in [-0.2, -0.15) is 0 Å². The summed E-state index contributed by atoms with van der Waals surface area (Å²) in [6.45, 7) is 2.35. The number of nitrogens with one attached hydrogen (secondary N) is 2. The van der Waals surface area contributed by atoms with Crippen molar-refractivity contribution in [2.24, 2.45) is 0 Å². The SMILES string of the molecule is COc1cccc(C)c1C(=O)NCCNC(=O)c1ccc(F)cc1. The Morgan fingerprint density at radius 1 is 1.00 bits per heavy atom. The number of benzene rings is 2. The predicted molar refractivity (Wildman–Crippen MR) is 88.8 cm³/mol. The molecule has 0 spiro atoms. The van der Waals surface area contributed by atoms with E-state index >= 15 is 0 Å². The number of rotatable bonds is 6. The van der Waals surface area contributed by atoms with Gasteiger partial charge in [0.25, 0.3) is 11.8 Å². The van der Waals surface area contributed by atoms with E-state index < -0.39 is 5.82 Å². The fourth-order valence-electron chi connectivity index (χ4n) is 2.25. The molecule has 2 amide bonds. The highest BCUT2D eigenvalue weighted by Gasteiger charge is 2.14. The fourth-order valence-corrected chi connectivity index (χ4v) is 2.25. The Hall–Kier alpha value is -2.89. The van der Waals surface area contributed by atoms with Crippen LogP contribution in [0.4, 0.5) is 4.39 Å². The van der Waals surface area contributed by atoms with Crippen LogP contribution < -0.4 is 15.4 Å². The Labute approximate surface area is 139 Å². The van der Waals surface area contributed by atoms with E-state index in [0.29, 0.717) is 16.9 Å². The molecule has 0 saturated carbocycles. The molecule has 2 aromatic carbocycles. The molecule has 0 aliphatic carbocycles. The van der Waals surface area contributed by atoms with Gasteiger partial charge in [0.15, 0.2) is 0 Å². The number of amides is 2. The largest absolute Gasteiger partial charge is 0.496 e. The molecule has 0 heterocycles. The van der Waals surface area contributed by atoms with Crippen molar-refractivity contribution in [3.63, 3.8) is 0 Å². The van der Waals surface area contributed by atoms with Crippen molar-refractivity contribution in [3.8, 4) is 5.75 Å². The Morgan fingerprint density at radius 2 is 1.62 bits per heavy atom. The molecule has 0 aliphatic rings. The van der Waals surface area contributed by atoms with Crippen LogP contribution in [-0.2, 0) is 0 Å². The lowest BCUT2D eigenvalue weighted by Gasteiger charge is -2.12. The van der Waals surface area contributed by atoms with Gasteiger partial charge in [-0.1, -0.05) is 12.1 Å². The van der Waals surface area contributed by atoms with Gasteiger partial charge in [0, 0.05) is 18.7 Å². The Bertz CT molecular complexity index is 730. The summed E-state index contributed by atoms with van der Waals surface area (Å²) in [6.07, 6.45) is 0. The fraction of sp³-hybridized carbons (Fsp3) is 0.222. The molecule has 0 bridgehead atoms. The molecule has 6 heteroatoms. The Kier molecular flexibility index (Phi) is 5.89. The van der Waals surface area contributed by atoms with Crippen LogP contribution in [0.25, 0.3) is 0 Å². The van der Waals surface area contributed by atoms with Crippen molar-refractivity contribution >= 4 is 11.8 Å². The molecule has 0 aliphatic heterocycles. The van der Waals surface area contributed by atoms with Crippen LogP contribution in [0.1, 0.15) is 26.3 Å². The summed E-state index contributed by atoms with van der Waals surface area (Å²) >= 11 is 0. The van der Waals surface area contributed by atoms with E-state index in [-0.39, 0.29) is 24.9 Å². The second-order valence-electron chi connectivity index (χ2n) is 5.17. The molecule has 0 radical (unpaired) electrons. The van der Waals surface area contributed by atoms with E-state index in [1.807, 2.05) is 19.1 Å². The number of carbonyl (C=O) groups is 2. The van der Waals surface area contributed by atoms with Crippen molar-refractivity contribution < 1.29 is 18.7 Å². The first-order chi connectivity index (χ1) is 11.5. The predicted octanol–water partition coefficient (Wildman–Crippen LogP) is 2.30. The second-order valence-corrected chi connectivity index (χ2v) is 5.17. The minimum Gasteiger partial charge on any atom is -0.496 e. The topological polar surface area (TPSA) is 67.4 Å². The number of carbonyl (C=O) groups excluding carboxylic acids is 2. The number of aryl methyl sites for hydroxylation is 1. The maximum atomic E-state index is 12.8. The first-order valence-corrected chi connectivity index (χ1v) is 7.48. The van der Waals surface area contributed by atoms with Gasteiger partial charge in [0.2, 0.25) is 0 Å². The monoisotopic (exact) mass is 330 g/mol. The summed E-state index contributed by atoms with van der Waals surface area (Å²) in [5, 5.41) is 5.40. The third-order valence-electron chi connectivity index (χ3n) is 3.48. The normalized spacial score (nSPS) is 10.1. The lowest BCUT2D eigenvalue weighted by Crippen LogP contribution is -2.35. The standard InChI is InChI=1S/C18H19FN2O3/c1-12-4-3-5-15(24-2)16(12)18(23)21-11-10-20-17(22)13-6-8-14(19)9-7-13/h3-9H,10-11H2,1-2H3,(H,20,22)(H,21,23). The lowest BCUT2D eigenvalue weighted by molar-refractivity contribution is 0.0925. The van der Waals surface area contributed by atoms with E-state index in [1.54, 1.807) is 6.07 Å². The van der Waals surface area contributed by atoms with Gasteiger partial charge in [-0.3, -0.25) is 9.59 Å². The second kappa shape index (κ2) is 8.10. The minimum atomic E-state index is -0.397. The third-order valence-corrected chi connectivity index (χ3v) is 3.48. The Balaban J connectivity index is 1.85. The van der Waals surface area contributed by atoms with Gasteiger partial charge in [-0.25, -0.2) is 4.39 Å². The van der Waals surface area contributed by atoms with Crippen molar-refractivity contribution in [1.29, 1.82) is 0 Å². The van der Waals surface area contributed by atoms with Crippen LogP contribution in [-0.4, -0.2) is 32.0 Å². The maximum Gasteiger partial charge on any atom is 0.255 e. The average Bonchev–Trinajstić information content (AvgIpc) is 2.58. The summed E-state index contributed by atoms with van der Waals surface area (Å²) in [5.74, 6) is -0.479. The minimum absolute atomic E-state index is 0.260. The van der Waals surface area contributed by atoms with E-state index in [4.69, 9.17) is 4.74 Å². The summed E-state index contributed by atoms with van der Waals surface area (Å²) in [4.78, 5) is 24.1. The maximum absolute atomic E-state index is 12.8. The highest BCUT2D eigenvalue weighted by atomic mass is 19.1. The smallest absolute Gasteiger partial charge is 0.255 e. The van der Waals surface area contributed by atoms with Gasteiger partial charge in [0.05, 0.1) is 12.7 Å². The van der Waals surface area contributed by atoms with Crippen LogP contribution in [0.2, 0.25) is 0 Å². The van der Waals surface area contributed by atoms with E-state index in [0.717, 1.165) is 5.56 Å². The van der Waals surface area contributed by atoms with Gasteiger partial charge >= 0.3 is 0 Å². The molecule has 0 saturated heterocycles. The van der Waals surface area contributed by atoms with Gasteiger partial charge in [0.1, 0.15) is 11.6 Å². The molecule has 24 heavy (non-hydrogen) atoms. The molecule has 0 aromatic heterocycles. The van der Waals surface area contributed by atoms with Crippen molar-refractivity contribution in [2.75, 3.05) is 20.2 Å². The third kappa shape index (κ3) is 4.32. The van der Waals surface area contributed by atoms with E-state index in [1.165, 1.54) is 31.4 Å². The molecule has 0 fully saturated rings. The molecule has 2 rings (SSSR count). The number of ether oxygens (including phenoxy) is 1. The molecular formula is C18H19FN2O3. The van der Waals surface area contributed by atoms with E-state index in [2.05, 4.69) is 10.6 Å². The number of hydrogen-bond acceptors (Lipinski definition) is 3. The quantitative estimate of drug-likeness (QED) is 0.799. The highest BCUT2D eigenvalue weighted by Crippen LogP contribution is 2.21. The Morgan fingerprint density at radius 3 is 2.25 bits per heavy atom. The summed E-state index contributed by atoms with van der Waals surface area (Å²) in [6, 6.07) is 10.6. The first-order valence-electron chi connectivity index (χ1n) is 7.48. The number of methoxy groups -OCH3 is 1. The molecule has 5 nitrogen and oxygen atoms in total. The van der Waals surface area contributed by atoms with Crippen LogP contribution in [0.3, 0.4) is 0 Å². The van der Waals surface area contributed by atoms with Gasteiger partial charge in [-0.05, 0) is 42.8 Å². The van der Waals surface area contributed by atoms with Gasteiger partial charge in [-0.15, -0.1) is 0 Å². The molecule has 0 unspecified atom stereocenters. The van der Waals surface area contributed by atoms with E-state index in [9.17, 15) is 14.0 Å². The van der Waals surface area contributed by atoms with Crippen molar-refractivity contribution in [2.45, 2.75) is 6.92 Å². The number of halogens is 1. The van der Waals surface area contributed by atoms with Crippen LogP contribution in [0, 0.1) is 12.7 Å². The zero-order valence-electron chi connectivity index (χ0n) is 13.6. The van der Waals surface area contributed by atoms with Crippen molar-refractivity contribution in [1.82, 2.24) is 10.6 Å². The molecule has 2 aromatic rings. The summed E-state index contributed by atoms with van der Waals surface area (Å²) < 4.78 is 18.0. The average molecular weight is 330 g/mol. The van der Waals surface area contributed by atoms with Crippen LogP contribution >= 0.6 is 0 Å². The van der Waals surface area contributed by atoms with Crippen LogP contribution in [0.5, 0.6) is 5.75 Å². The molecular weight excluding hydrogens is 311 g/mol. The lowest BCUT2D eigenvalue weighted by atomic mass is 10.1. The van der Waals surface area contributed by atoms with Crippen molar-refractivity contribution in [3.05, 3.63) is 65.0 Å². The zero-order chi connectivity index (χ0) is 17.5. The summed E-state index contributed by atoms with van der Waals surface area (Å²) in [7, 11) is 1.51. The number of hydrogen-bond donors (Lipinski definition) is 2. The first kappa shape index (κ1) is 17.5. The van der Waals surface area contributed by atoms with Gasteiger partial charge < -0.3 is 15.4 Å².